The third-order valence-corrected chi connectivity index (χ3v) is 3.28. The SMILES string of the molecule is CCNCc1cc(C)c(OC(CC)C(=O)OCC)c(C)c1. The van der Waals surface area contributed by atoms with Crippen molar-refractivity contribution in [3.05, 3.63) is 28.8 Å². The van der Waals surface area contributed by atoms with Crippen molar-refractivity contribution < 1.29 is 14.3 Å². The highest BCUT2D eigenvalue weighted by Crippen LogP contribution is 2.26. The summed E-state index contributed by atoms with van der Waals surface area (Å²) in [5, 5.41) is 3.31. The van der Waals surface area contributed by atoms with E-state index < -0.39 is 6.10 Å². The van der Waals surface area contributed by atoms with Gasteiger partial charge in [-0.3, -0.25) is 0 Å². The van der Waals surface area contributed by atoms with Crippen LogP contribution >= 0.6 is 0 Å². The van der Waals surface area contributed by atoms with E-state index in [2.05, 4.69) is 24.4 Å². The lowest BCUT2D eigenvalue weighted by atomic mass is 10.1. The van der Waals surface area contributed by atoms with Gasteiger partial charge in [-0.05, 0) is 50.4 Å². The Morgan fingerprint density at radius 3 is 2.29 bits per heavy atom. The molecule has 0 radical (unpaired) electrons. The average molecular weight is 293 g/mol. The number of benzene rings is 1. The topological polar surface area (TPSA) is 47.6 Å². The molecule has 4 heteroatoms. The molecule has 0 amide bonds. The summed E-state index contributed by atoms with van der Waals surface area (Å²) in [6.45, 7) is 12.0. The van der Waals surface area contributed by atoms with Gasteiger partial charge in [0, 0.05) is 6.54 Å². The summed E-state index contributed by atoms with van der Waals surface area (Å²) in [6, 6.07) is 4.20. The van der Waals surface area contributed by atoms with Crippen LogP contribution < -0.4 is 10.1 Å². The monoisotopic (exact) mass is 293 g/mol. The van der Waals surface area contributed by atoms with E-state index in [0.29, 0.717) is 13.0 Å². The van der Waals surface area contributed by atoms with Crippen LogP contribution in [0.15, 0.2) is 12.1 Å². The normalized spacial score (nSPS) is 12.0. The molecule has 0 bridgehead atoms. The second-order valence-electron chi connectivity index (χ2n) is 5.11. The third kappa shape index (κ3) is 5.05. The molecular weight excluding hydrogens is 266 g/mol. The highest BCUT2D eigenvalue weighted by Gasteiger charge is 2.21. The predicted octanol–water partition coefficient (Wildman–Crippen LogP) is 3.13. The first-order valence-electron chi connectivity index (χ1n) is 7.67. The smallest absolute Gasteiger partial charge is 0.347 e. The fourth-order valence-electron chi connectivity index (χ4n) is 2.27. The van der Waals surface area contributed by atoms with E-state index in [0.717, 1.165) is 30.0 Å². The Kier molecular flexibility index (Phi) is 7.23. The fourth-order valence-corrected chi connectivity index (χ4v) is 2.27. The van der Waals surface area contributed by atoms with E-state index in [4.69, 9.17) is 9.47 Å². The summed E-state index contributed by atoms with van der Waals surface area (Å²) in [7, 11) is 0. The largest absolute Gasteiger partial charge is 0.478 e. The van der Waals surface area contributed by atoms with Gasteiger partial charge in [-0.25, -0.2) is 4.79 Å². The van der Waals surface area contributed by atoms with Gasteiger partial charge in [0.2, 0.25) is 0 Å². The van der Waals surface area contributed by atoms with Gasteiger partial charge >= 0.3 is 5.97 Å². The molecule has 118 valence electrons. The van der Waals surface area contributed by atoms with Crippen molar-refractivity contribution in [2.75, 3.05) is 13.2 Å². The van der Waals surface area contributed by atoms with E-state index in [-0.39, 0.29) is 5.97 Å². The second kappa shape index (κ2) is 8.67. The number of hydrogen-bond acceptors (Lipinski definition) is 4. The first-order chi connectivity index (χ1) is 10.0. The molecule has 0 heterocycles. The van der Waals surface area contributed by atoms with Gasteiger partial charge in [0.25, 0.3) is 0 Å². The number of nitrogens with one attached hydrogen (secondary N) is 1. The summed E-state index contributed by atoms with van der Waals surface area (Å²) < 4.78 is 11.0. The zero-order chi connectivity index (χ0) is 15.8. The molecule has 0 spiro atoms. The van der Waals surface area contributed by atoms with Gasteiger partial charge < -0.3 is 14.8 Å². The molecule has 0 aliphatic carbocycles. The molecule has 0 aliphatic heterocycles. The molecule has 0 aromatic heterocycles. The Morgan fingerprint density at radius 1 is 1.19 bits per heavy atom. The van der Waals surface area contributed by atoms with E-state index in [1.807, 2.05) is 20.8 Å². The highest BCUT2D eigenvalue weighted by molar-refractivity contribution is 5.75. The lowest BCUT2D eigenvalue weighted by Crippen LogP contribution is -2.29. The lowest BCUT2D eigenvalue weighted by Gasteiger charge is -2.20. The second-order valence-corrected chi connectivity index (χ2v) is 5.11. The summed E-state index contributed by atoms with van der Waals surface area (Å²) in [5.74, 6) is 0.491. The van der Waals surface area contributed by atoms with Crippen molar-refractivity contribution in [2.45, 2.75) is 53.7 Å². The maximum atomic E-state index is 11.9. The van der Waals surface area contributed by atoms with Crippen molar-refractivity contribution in [3.63, 3.8) is 0 Å². The molecule has 1 unspecified atom stereocenters. The first kappa shape index (κ1) is 17.5. The zero-order valence-corrected chi connectivity index (χ0v) is 13.8. The quantitative estimate of drug-likeness (QED) is 0.748. The van der Waals surface area contributed by atoms with Crippen LogP contribution in [-0.2, 0) is 16.1 Å². The minimum absolute atomic E-state index is 0.296. The third-order valence-electron chi connectivity index (χ3n) is 3.28. The number of ether oxygens (including phenoxy) is 2. The molecule has 0 aliphatic rings. The molecule has 0 saturated heterocycles. The molecule has 1 atom stereocenters. The van der Waals surface area contributed by atoms with Crippen molar-refractivity contribution in [1.29, 1.82) is 0 Å². The summed E-state index contributed by atoms with van der Waals surface area (Å²) in [4.78, 5) is 11.9. The maximum absolute atomic E-state index is 11.9. The van der Waals surface area contributed by atoms with Crippen LogP contribution in [0.25, 0.3) is 0 Å². The van der Waals surface area contributed by atoms with Crippen LogP contribution in [0.1, 0.15) is 43.9 Å². The Balaban J connectivity index is 2.89. The molecule has 0 fully saturated rings. The summed E-state index contributed by atoms with van der Waals surface area (Å²) >= 11 is 0. The number of aryl methyl sites for hydroxylation is 2. The van der Waals surface area contributed by atoms with Crippen LogP contribution in [0.5, 0.6) is 5.75 Å². The fraction of sp³-hybridized carbons (Fsp3) is 0.588. The van der Waals surface area contributed by atoms with Gasteiger partial charge in [-0.2, -0.15) is 0 Å². The van der Waals surface area contributed by atoms with Crippen LogP contribution in [0.3, 0.4) is 0 Å². The van der Waals surface area contributed by atoms with Crippen LogP contribution in [0.4, 0.5) is 0 Å². The number of carbonyl (C=O) groups is 1. The molecule has 4 nitrogen and oxygen atoms in total. The summed E-state index contributed by atoms with van der Waals surface area (Å²) in [5.41, 5.74) is 3.32. The highest BCUT2D eigenvalue weighted by atomic mass is 16.6. The Hall–Kier alpha value is -1.55. The molecule has 1 aromatic rings. The minimum atomic E-state index is -0.540. The molecule has 1 N–H and O–H groups in total. The molecule has 0 saturated carbocycles. The molecule has 1 rings (SSSR count). The van der Waals surface area contributed by atoms with Crippen molar-refractivity contribution in [2.24, 2.45) is 0 Å². The van der Waals surface area contributed by atoms with Crippen molar-refractivity contribution in [1.82, 2.24) is 5.32 Å². The Labute approximate surface area is 127 Å². The maximum Gasteiger partial charge on any atom is 0.347 e. The van der Waals surface area contributed by atoms with Gasteiger partial charge in [0.15, 0.2) is 6.10 Å². The molecule has 1 aromatic carbocycles. The van der Waals surface area contributed by atoms with E-state index in [1.54, 1.807) is 6.92 Å². The van der Waals surface area contributed by atoms with Crippen LogP contribution in [-0.4, -0.2) is 25.2 Å². The van der Waals surface area contributed by atoms with Crippen LogP contribution in [0, 0.1) is 13.8 Å². The minimum Gasteiger partial charge on any atom is -0.478 e. The van der Waals surface area contributed by atoms with E-state index >= 15 is 0 Å². The number of esters is 1. The number of carbonyl (C=O) groups excluding carboxylic acids is 1. The number of hydrogen-bond donors (Lipinski definition) is 1. The number of rotatable bonds is 8. The van der Waals surface area contributed by atoms with Gasteiger partial charge in [0.05, 0.1) is 6.61 Å². The van der Waals surface area contributed by atoms with Crippen molar-refractivity contribution in [3.8, 4) is 5.75 Å². The van der Waals surface area contributed by atoms with Crippen molar-refractivity contribution >= 4 is 5.97 Å². The lowest BCUT2D eigenvalue weighted by molar-refractivity contribution is -0.151. The van der Waals surface area contributed by atoms with Gasteiger partial charge in [-0.15, -0.1) is 0 Å². The summed E-state index contributed by atoms with van der Waals surface area (Å²) in [6.07, 6.45) is 0.0543. The van der Waals surface area contributed by atoms with E-state index in [9.17, 15) is 4.79 Å². The standard InChI is InChI=1S/C17H27NO3/c1-6-15(17(19)20-8-3)21-16-12(4)9-14(10-13(16)5)11-18-7-2/h9-10,15,18H,6-8,11H2,1-5H3. The van der Waals surface area contributed by atoms with E-state index in [1.165, 1.54) is 5.56 Å². The van der Waals surface area contributed by atoms with Gasteiger partial charge in [0.1, 0.15) is 5.75 Å². The van der Waals surface area contributed by atoms with Gasteiger partial charge in [-0.1, -0.05) is 26.0 Å². The predicted molar refractivity (Wildman–Crippen MR) is 84.6 cm³/mol. The Bertz CT molecular complexity index is 448. The molecular formula is C17H27NO3. The molecule has 21 heavy (non-hydrogen) atoms. The van der Waals surface area contributed by atoms with Crippen LogP contribution in [0.2, 0.25) is 0 Å². The average Bonchev–Trinajstić information content (AvgIpc) is 2.44. The zero-order valence-electron chi connectivity index (χ0n) is 13.8. The Morgan fingerprint density at radius 2 is 1.81 bits per heavy atom. The first-order valence-corrected chi connectivity index (χ1v) is 7.67.